The summed E-state index contributed by atoms with van der Waals surface area (Å²) in [5, 5.41) is -3.22. The van der Waals surface area contributed by atoms with Gasteiger partial charge in [0.25, 0.3) is 0 Å². The molecule has 10 heteroatoms. The minimum Gasteiger partial charge on any atom is -0.271 e. The fraction of sp³-hybridized carbons (Fsp3) is 1.00. The summed E-state index contributed by atoms with van der Waals surface area (Å²) in [7, 11) is 1.70. The monoisotopic (exact) mass is 383 g/mol. The quantitative estimate of drug-likeness (QED) is 0.483. The molecular weight excluding hydrogens is 369 g/mol. The van der Waals surface area contributed by atoms with E-state index in [0.717, 1.165) is 19.3 Å². The van der Waals surface area contributed by atoms with E-state index >= 15 is 0 Å². The Labute approximate surface area is 127 Å². The minimum atomic E-state index is -3.22. The second-order valence-corrected chi connectivity index (χ2v) is 14.8. The molecule has 0 bridgehead atoms. The van der Waals surface area contributed by atoms with E-state index in [1.54, 1.807) is 11.7 Å². The molecule has 0 amide bonds. The fourth-order valence-corrected chi connectivity index (χ4v) is 2.38. The van der Waals surface area contributed by atoms with E-state index in [2.05, 4.69) is 40.6 Å². The van der Waals surface area contributed by atoms with Crippen LogP contribution in [-0.2, 0) is 9.13 Å². The van der Waals surface area contributed by atoms with Crippen LogP contribution in [0.4, 0.5) is 0 Å². The Hall–Kier alpha value is 1.87. The molecular formula is C7H16Cl5NO2P2. The van der Waals surface area contributed by atoms with Gasteiger partial charge in [0.05, 0.1) is 0 Å². The lowest BCUT2D eigenvalue weighted by molar-refractivity contribution is 0.375. The maximum absolute atomic E-state index is 11.2. The van der Waals surface area contributed by atoms with Gasteiger partial charge in [-0.05, 0) is 76.6 Å². The van der Waals surface area contributed by atoms with Gasteiger partial charge in [-0.15, -0.1) is 0 Å². The van der Waals surface area contributed by atoms with Gasteiger partial charge in [0.15, 0.2) is 0 Å². The van der Waals surface area contributed by atoms with Crippen LogP contribution < -0.4 is 0 Å². The van der Waals surface area contributed by atoms with Crippen LogP contribution in [0, 0.1) is 0 Å². The summed E-state index contributed by atoms with van der Waals surface area (Å²) >= 11 is 24.9. The molecule has 1 unspecified atom stereocenters. The highest BCUT2D eigenvalue weighted by atomic mass is 36.0. The summed E-state index contributed by atoms with van der Waals surface area (Å²) in [5.41, 5.74) is 0. The van der Waals surface area contributed by atoms with E-state index in [1.807, 2.05) is 6.92 Å². The molecule has 0 saturated carbocycles. The van der Waals surface area contributed by atoms with Crippen molar-refractivity contribution >= 4 is 67.4 Å². The number of unbranched alkanes of at least 4 members (excludes halogenated alkanes) is 1. The first kappa shape index (κ1) is 21.2. The Kier molecular flexibility index (Phi) is 12.1. The van der Waals surface area contributed by atoms with E-state index < -0.39 is 11.2 Å². The predicted molar refractivity (Wildman–Crippen MR) is 81.2 cm³/mol. The predicted octanol–water partition coefficient (Wildman–Crippen LogP) is 6.89. The Morgan fingerprint density at radius 1 is 1.12 bits per heavy atom. The Morgan fingerprint density at radius 3 is 1.71 bits per heavy atom. The zero-order valence-electron chi connectivity index (χ0n) is 9.75. The van der Waals surface area contributed by atoms with Crippen molar-refractivity contribution in [3.8, 4) is 0 Å². The van der Waals surface area contributed by atoms with Crippen molar-refractivity contribution in [2.24, 2.45) is 0 Å². The van der Waals surface area contributed by atoms with Gasteiger partial charge in [-0.1, -0.05) is 19.8 Å². The van der Waals surface area contributed by atoms with Gasteiger partial charge >= 0.3 is 11.2 Å². The lowest BCUT2D eigenvalue weighted by Crippen LogP contribution is -2.22. The topological polar surface area (TPSA) is 37.4 Å². The summed E-state index contributed by atoms with van der Waals surface area (Å²) in [6.07, 6.45) is 3.22. The molecule has 0 saturated heterocycles. The molecule has 0 aliphatic carbocycles. The summed E-state index contributed by atoms with van der Waals surface area (Å²) < 4.78 is 22.2. The zero-order chi connectivity index (χ0) is 14.3. The highest BCUT2D eigenvalue weighted by molar-refractivity contribution is 8.24. The van der Waals surface area contributed by atoms with Gasteiger partial charge in [0.2, 0.25) is 0 Å². The van der Waals surface area contributed by atoms with Crippen LogP contribution in [0.15, 0.2) is 0 Å². The summed E-state index contributed by atoms with van der Waals surface area (Å²) in [5.74, 6) is -3.08. The normalized spacial score (nSPS) is 14.2. The van der Waals surface area contributed by atoms with Crippen LogP contribution in [0.5, 0.6) is 0 Å². The third-order valence-corrected chi connectivity index (χ3v) is 4.54. The van der Waals surface area contributed by atoms with Crippen LogP contribution in [0.25, 0.3) is 0 Å². The first-order chi connectivity index (χ1) is 7.39. The molecule has 1 atom stereocenters. The van der Waals surface area contributed by atoms with Crippen LogP contribution in [0.3, 0.4) is 0 Å². The zero-order valence-corrected chi connectivity index (χ0v) is 15.3. The molecule has 17 heavy (non-hydrogen) atoms. The smallest absolute Gasteiger partial charge is 0.271 e. The molecule has 0 aromatic rings. The number of halogens is 5. The second-order valence-electron chi connectivity index (χ2n) is 3.40. The molecule has 0 radical (unpaired) electrons. The standard InChI is InChI=1S/C7H16Cl2NOP.Cl3OP/c1-4-5-6-7(2)10(3)12(8,9)11;1-5(2,3)4/h7H,4-6H2,1-3H3;. The maximum atomic E-state index is 11.2. The highest BCUT2D eigenvalue weighted by Gasteiger charge is 2.25. The molecule has 0 heterocycles. The molecule has 0 aromatic heterocycles. The number of hydrogen-bond acceptors (Lipinski definition) is 2. The molecule has 0 N–H and O–H groups in total. The Morgan fingerprint density at radius 2 is 1.47 bits per heavy atom. The average Bonchev–Trinajstić information content (AvgIpc) is 2.08. The van der Waals surface area contributed by atoms with Gasteiger partial charge in [-0.3, -0.25) is 9.13 Å². The molecule has 3 nitrogen and oxygen atoms in total. The van der Waals surface area contributed by atoms with Crippen molar-refractivity contribution in [3.63, 3.8) is 0 Å². The molecule has 0 spiro atoms. The van der Waals surface area contributed by atoms with Crippen molar-refractivity contribution in [1.29, 1.82) is 0 Å². The summed E-state index contributed by atoms with van der Waals surface area (Å²) in [6, 6.07) is 0.186. The number of hydrogen-bond donors (Lipinski definition) is 0. The van der Waals surface area contributed by atoms with Crippen molar-refractivity contribution in [2.45, 2.75) is 39.2 Å². The van der Waals surface area contributed by atoms with Gasteiger partial charge in [0.1, 0.15) is 0 Å². The van der Waals surface area contributed by atoms with Crippen molar-refractivity contribution in [3.05, 3.63) is 0 Å². The molecule has 0 aliphatic heterocycles. The first-order valence-electron chi connectivity index (χ1n) is 4.81. The third-order valence-electron chi connectivity index (χ3n) is 1.98. The van der Waals surface area contributed by atoms with Crippen molar-refractivity contribution in [1.82, 2.24) is 4.67 Å². The molecule has 0 aromatic carbocycles. The van der Waals surface area contributed by atoms with Gasteiger partial charge in [0, 0.05) is 6.04 Å². The third kappa shape index (κ3) is 17.9. The molecule has 0 rings (SSSR count). The van der Waals surface area contributed by atoms with Gasteiger partial charge < -0.3 is 0 Å². The Bertz CT molecular complexity index is 284. The molecule has 0 fully saturated rings. The first-order valence-corrected chi connectivity index (χ1v) is 12.7. The Balaban J connectivity index is 0. The number of rotatable bonds is 5. The summed E-state index contributed by atoms with van der Waals surface area (Å²) in [6.45, 7) is 4.10. The van der Waals surface area contributed by atoms with Gasteiger partial charge in [-0.2, -0.15) is 0 Å². The molecule has 106 valence electrons. The van der Waals surface area contributed by atoms with Crippen LogP contribution >= 0.6 is 67.4 Å². The second kappa shape index (κ2) is 9.72. The highest BCUT2D eigenvalue weighted by Crippen LogP contribution is 2.61. The van der Waals surface area contributed by atoms with E-state index in [-0.39, 0.29) is 6.04 Å². The number of nitrogens with zero attached hydrogens (tertiary/aromatic N) is 1. The van der Waals surface area contributed by atoms with Crippen molar-refractivity contribution < 1.29 is 9.13 Å². The van der Waals surface area contributed by atoms with Crippen LogP contribution in [-0.4, -0.2) is 17.8 Å². The van der Waals surface area contributed by atoms with Crippen LogP contribution in [0.2, 0.25) is 0 Å². The van der Waals surface area contributed by atoms with E-state index in [0.29, 0.717) is 0 Å². The fourth-order valence-electron chi connectivity index (χ4n) is 0.916. The van der Waals surface area contributed by atoms with Gasteiger partial charge in [-0.25, -0.2) is 4.67 Å². The lowest BCUT2D eigenvalue weighted by atomic mass is 10.1. The molecule has 0 aliphatic rings. The summed E-state index contributed by atoms with van der Waals surface area (Å²) in [4.78, 5) is 0. The lowest BCUT2D eigenvalue weighted by Gasteiger charge is -2.24. The minimum absolute atomic E-state index is 0.186. The average molecular weight is 385 g/mol. The van der Waals surface area contributed by atoms with E-state index in [1.165, 1.54) is 0 Å². The van der Waals surface area contributed by atoms with E-state index in [9.17, 15) is 9.13 Å². The largest absolute Gasteiger partial charge is 0.339 e. The maximum Gasteiger partial charge on any atom is 0.339 e. The SMILES string of the molecule is CCCCC(C)N(C)P(=O)(Cl)Cl.O=P(Cl)(Cl)Cl. The van der Waals surface area contributed by atoms with Crippen molar-refractivity contribution in [2.75, 3.05) is 7.05 Å². The van der Waals surface area contributed by atoms with E-state index in [4.69, 9.17) is 22.5 Å². The van der Waals surface area contributed by atoms with Crippen LogP contribution in [0.1, 0.15) is 33.1 Å².